The standard InChI is InChI=1S/C44H61FN2O14/c1-23-28(56-38(52)32(50)27(19-45)46-39(53)61-40(3,4)5)18-44(54)36(59-37(51)25-12-10-9-11-13-25)34-42(8,16-14-29-43(34,22-55-29)60-24(2)49)35-33(31(23)41(44,6)7)57-30(58-35)20-47-17-15-26(47)21-48/h9-13,26-30,32-36,48,50,54H,14-22H2,1-8H3,(H,46,53)/t26-,27+,28+,29-,30-,32-,33-,34+,35-,36+,42-,43+,44-/m1/s1. The molecule has 1 aromatic carbocycles. The van der Waals surface area contributed by atoms with Gasteiger partial charge >= 0.3 is 24.0 Å². The lowest BCUT2D eigenvalue weighted by Crippen LogP contribution is -2.79. The zero-order valence-corrected chi connectivity index (χ0v) is 36.2. The van der Waals surface area contributed by atoms with Crippen molar-refractivity contribution in [3.8, 4) is 0 Å². The number of alkyl carbamates (subject to hydrolysis) is 1. The van der Waals surface area contributed by atoms with E-state index in [-0.39, 0.29) is 31.2 Å². The summed E-state index contributed by atoms with van der Waals surface area (Å²) in [6.07, 6.45) is -7.94. The number of aliphatic hydroxyl groups excluding tert-OH is 2. The maximum absolute atomic E-state index is 14.4. The molecule has 2 bridgehead atoms. The third-order valence-corrected chi connectivity index (χ3v) is 14.2. The number of aliphatic hydroxyl groups is 3. The Hall–Kier alpha value is -3.71. The highest BCUT2D eigenvalue weighted by Crippen LogP contribution is 2.66. The molecule has 3 aliphatic carbocycles. The molecule has 61 heavy (non-hydrogen) atoms. The largest absolute Gasteiger partial charge is 0.456 e. The Kier molecular flexibility index (Phi) is 12.2. The van der Waals surface area contributed by atoms with Gasteiger partial charge in [-0.2, -0.15) is 0 Å². The van der Waals surface area contributed by atoms with Crippen LogP contribution >= 0.6 is 0 Å². The van der Waals surface area contributed by atoms with Gasteiger partial charge in [-0.05, 0) is 70.2 Å². The molecular formula is C44H61FN2O14. The number of ether oxygens (including phenoxy) is 7. The molecule has 3 aliphatic heterocycles. The van der Waals surface area contributed by atoms with Gasteiger partial charge in [0.2, 0.25) is 0 Å². The van der Waals surface area contributed by atoms with Crippen molar-refractivity contribution in [1.82, 2.24) is 10.2 Å². The third kappa shape index (κ3) is 7.86. The van der Waals surface area contributed by atoms with Gasteiger partial charge in [-0.1, -0.05) is 39.0 Å². The second kappa shape index (κ2) is 16.4. The number of carbonyl (C=O) groups is 4. The predicted molar refractivity (Wildman–Crippen MR) is 212 cm³/mol. The maximum atomic E-state index is 14.4. The normalized spacial score (nSPS) is 37.4. The first kappa shape index (κ1) is 45.3. The molecule has 7 rings (SSSR count). The molecule has 6 aliphatic rings. The summed E-state index contributed by atoms with van der Waals surface area (Å²) < 4.78 is 58.5. The highest BCUT2D eigenvalue weighted by atomic mass is 19.1. The van der Waals surface area contributed by atoms with E-state index in [9.17, 15) is 38.9 Å². The fraction of sp³-hybridized carbons (Fsp3) is 0.727. The summed E-state index contributed by atoms with van der Waals surface area (Å²) in [6, 6.07) is 6.44. The Bertz CT molecular complexity index is 1890. The van der Waals surface area contributed by atoms with E-state index in [4.69, 9.17) is 33.2 Å². The zero-order chi connectivity index (χ0) is 44.4. The summed E-state index contributed by atoms with van der Waals surface area (Å²) in [7, 11) is 0. The number of hydrogen-bond donors (Lipinski definition) is 4. The van der Waals surface area contributed by atoms with Gasteiger partial charge in [0.15, 0.2) is 18.0 Å². The SMILES string of the molecule is CC(=O)O[C@@]12CO[C@@H]1CC[C@@]1(C)[C@@H]3O[C@H](CN4CC[C@@H]4CO)O[C@@H]3C3=C(C)[C@@H](OC(=O)[C@H](O)[C@H](CF)NC(=O)OC(C)(C)C)C[C@@](O)([C@@H](OC(=O)c4ccccc4)[C@@H]12)C3(C)C. The van der Waals surface area contributed by atoms with Crippen LogP contribution in [0.4, 0.5) is 9.18 Å². The number of alkyl halides is 1. The molecule has 3 saturated heterocycles. The molecule has 0 spiro atoms. The van der Waals surface area contributed by atoms with E-state index in [2.05, 4.69) is 10.2 Å². The van der Waals surface area contributed by atoms with E-state index in [1.807, 2.05) is 6.92 Å². The van der Waals surface area contributed by atoms with Crippen LogP contribution < -0.4 is 5.32 Å². The number of amides is 1. The number of likely N-dealkylation sites (tertiary alicyclic amines) is 1. The van der Waals surface area contributed by atoms with E-state index >= 15 is 0 Å². The van der Waals surface area contributed by atoms with Gasteiger partial charge in [0.05, 0.1) is 36.8 Å². The van der Waals surface area contributed by atoms with Gasteiger partial charge in [0.25, 0.3) is 0 Å². The zero-order valence-electron chi connectivity index (χ0n) is 36.2. The quantitative estimate of drug-likeness (QED) is 0.143. The van der Waals surface area contributed by atoms with Gasteiger partial charge < -0.3 is 53.8 Å². The highest BCUT2D eigenvalue weighted by Gasteiger charge is 2.77. The van der Waals surface area contributed by atoms with Crippen molar-refractivity contribution < 1.29 is 72.0 Å². The van der Waals surface area contributed by atoms with Gasteiger partial charge in [-0.25, -0.2) is 18.8 Å². The number of esters is 3. The van der Waals surface area contributed by atoms with Crippen LogP contribution in [-0.2, 0) is 42.7 Å². The van der Waals surface area contributed by atoms with Gasteiger partial charge in [-0.15, -0.1) is 0 Å². The molecule has 3 heterocycles. The fourth-order valence-corrected chi connectivity index (χ4v) is 10.9. The van der Waals surface area contributed by atoms with Crippen LogP contribution in [0.25, 0.3) is 0 Å². The molecular weight excluding hydrogens is 799 g/mol. The van der Waals surface area contributed by atoms with Crippen molar-refractivity contribution in [2.24, 2.45) is 16.7 Å². The van der Waals surface area contributed by atoms with Gasteiger partial charge in [0, 0.05) is 43.3 Å². The third-order valence-electron chi connectivity index (χ3n) is 14.2. The van der Waals surface area contributed by atoms with Crippen LogP contribution in [0, 0.1) is 16.7 Å². The topological polar surface area (TPSA) is 209 Å². The van der Waals surface area contributed by atoms with Gasteiger partial charge in [-0.3, -0.25) is 9.69 Å². The van der Waals surface area contributed by atoms with Crippen molar-refractivity contribution in [2.45, 2.75) is 153 Å². The second-order valence-electron chi connectivity index (χ2n) is 19.4. The monoisotopic (exact) mass is 860 g/mol. The highest BCUT2D eigenvalue weighted by molar-refractivity contribution is 5.89. The van der Waals surface area contributed by atoms with Crippen LogP contribution in [0.2, 0.25) is 0 Å². The molecule has 2 saturated carbocycles. The van der Waals surface area contributed by atoms with Crippen LogP contribution in [0.5, 0.6) is 0 Å². The van der Waals surface area contributed by atoms with Crippen molar-refractivity contribution >= 4 is 24.0 Å². The first-order chi connectivity index (χ1) is 28.6. The Morgan fingerprint density at radius 3 is 2.34 bits per heavy atom. The molecule has 0 aromatic heterocycles. The minimum atomic E-state index is -2.20. The summed E-state index contributed by atoms with van der Waals surface area (Å²) in [4.78, 5) is 56.0. The summed E-state index contributed by atoms with van der Waals surface area (Å²) in [5, 5.41) is 37.2. The first-order valence-corrected chi connectivity index (χ1v) is 21.2. The van der Waals surface area contributed by atoms with Crippen molar-refractivity contribution in [3.63, 3.8) is 0 Å². The average Bonchev–Trinajstić information content (AvgIpc) is 3.59. The van der Waals surface area contributed by atoms with E-state index in [1.54, 1.807) is 71.9 Å². The number of hydrogen-bond acceptors (Lipinski definition) is 15. The molecule has 17 heteroatoms. The van der Waals surface area contributed by atoms with Crippen LogP contribution in [0.1, 0.15) is 91.4 Å². The number of benzene rings is 1. The molecule has 1 amide bonds. The van der Waals surface area contributed by atoms with Crippen LogP contribution in [0.3, 0.4) is 0 Å². The number of rotatable bonds is 11. The number of carbonyl (C=O) groups excluding carboxylic acids is 4. The van der Waals surface area contributed by atoms with Crippen LogP contribution in [0.15, 0.2) is 41.5 Å². The molecule has 16 nitrogen and oxygen atoms in total. The van der Waals surface area contributed by atoms with Crippen molar-refractivity contribution in [3.05, 3.63) is 47.0 Å². The maximum Gasteiger partial charge on any atom is 0.408 e. The Morgan fingerprint density at radius 1 is 1.07 bits per heavy atom. The predicted octanol–water partition coefficient (Wildman–Crippen LogP) is 3.13. The molecule has 1 aromatic rings. The Balaban J connectivity index is 1.36. The van der Waals surface area contributed by atoms with Crippen molar-refractivity contribution in [1.29, 1.82) is 0 Å². The van der Waals surface area contributed by atoms with E-state index in [0.29, 0.717) is 37.1 Å². The molecule has 5 fully saturated rings. The lowest BCUT2D eigenvalue weighted by Gasteiger charge is -2.68. The first-order valence-electron chi connectivity index (χ1n) is 21.2. The second-order valence-corrected chi connectivity index (χ2v) is 19.4. The molecule has 13 atom stereocenters. The average molecular weight is 861 g/mol. The van der Waals surface area contributed by atoms with Gasteiger partial charge in [0.1, 0.15) is 42.3 Å². The van der Waals surface area contributed by atoms with E-state index in [1.165, 1.54) is 6.92 Å². The number of fused-ring (bicyclic) bond motifs is 8. The van der Waals surface area contributed by atoms with Crippen LogP contribution in [-0.4, -0.2) is 149 Å². The number of nitrogens with zero attached hydrogens (tertiary/aromatic N) is 1. The number of nitrogens with one attached hydrogen (secondary N) is 1. The summed E-state index contributed by atoms with van der Waals surface area (Å²) >= 11 is 0. The Morgan fingerprint density at radius 2 is 1.77 bits per heavy atom. The minimum Gasteiger partial charge on any atom is -0.456 e. The summed E-state index contributed by atoms with van der Waals surface area (Å²) in [6.45, 7) is 12.9. The van der Waals surface area contributed by atoms with E-state index < -0.39 is 113 Å². The summed E-state index contributed by atoms with van der Waals surface area (Å²) in [5.74, 6) is -3.65. The van der Waals surface area contributed by atoms with Crippen molar-refractivity contribution in [2.75, 3.05) is 33.0 Å². The van der Waals surface area contributed by atoms with E-state index in [0.717, 1.165) is 6.42 Å². The molecule has 0 radical (unpaired) electrons. The fourth-order valence-electron chi connectivity index (χ4n) is 10.9. The number of halogens is 1. The smallest absolute Gasteiger partial charge is 0.408 e. The lowest BCUT2D eigenvalue weighted by molar-refractivity contribution is -0.345. The summed E-state index contributed by atoms with van der Waals surface area (Å²) in [5.41, 5.74) is -5.69. The molecule has 338 valence electrons. The lowest BCUT2D eigenvalue weighted by atomic mass is 9.45. The molecule has 4 N–H and O–H groups in total. The Labute approximate surface area is 355 Å². The minimum absolute atomic E-state index is 0.0418. The molecule has 0 unspecified atom stereocenters.